The van der Waals surface area contributed by atoms with Crippen molar-refractivity contribution in [1.29, 1.82) is 0 Å². The molecule has 1 aromatic heterocycles. The molecule has 25 heavy (non-hydrogen) atoms. The van der Waals surface area contributed by atoms with Gasteiger partial charge in [0.25, 0.3) is 11.6 Å². The second-order valence-corrected chi connectivity index (χ2v) is 6.28. The topological polar surface area (TPSA) is 85.4 Å². The number of hydrogen-bond acceptors (Lipinski definition) is 4. The molecule has 0 spiro atoms. The number of benzene rings is 2. The van der Waals surface area contributed by atoms with E-state index in [1.807, 2.05) is 0 Å². The van der Waals surface area contributed by atoms with Crippen LogP contribution in [0.3, 0.4) is 0 Å². The number of halogens is 2. The van der Waals surface area contributed by atoms with Crippen LogP contribution >= 0.6 is 23.2 Å². The van der Waals surface area contributed by atoms with Crippen LogP contribution in [-0.4, -0.2) is 10.8 Å². The Hall–Kier alpha value is -2.57. The Bertz CT molecular complexity index is 1010. The van der Waals surface area contributed by atoms with Gasteiger partial charge in [0.2, 0.25) is 0 Å². The lowest BCUT2D eigenvalue weighted by Gasteiger charge is -2.09. The summed E-state index contributed by atoms with van der Waals surface area (Å²) in [5.41, 5.74) is 1.24. The molecule has 0 fully saturated rings. The van der Waals surface area contributed by atoms with Crippen molar-refractivity contribution in [2.75, 3.05) is 5.32 Å². The van der Waals surface area contributed by atoms with Gasteiger partial charge in [-0.05, 0) is 31.5 Å². The first-order valence-electron chi connectivity index (χ1n) is 7.23. The average molecular weight is 379 g/mol. The highest BCUT2D eigenvalue weighted by Crippen LogP contribution is 2.35. The predicted molar refractivity (Wildman–Crippen MR) is 96.8 cm³/mol. The van der Waals surface area contributed by atoms with Crippen LogP contribution in [0.1, 0.15) is 21.7 Å². The first-order chi connectivity index (χ1) is 11.8. The van der Waals surface area contributed by atoms with E-state index < -0.39 is 10.8 Å². The molecular weight excluding hydrogens is 367 g/mol. The number of carbonyl (C=O) groups excluding carboxylic acids is 1. The van der Waals surface area contributed by atoms with Crippen LogP contribution in [0.2, 0.25) is 10.0 Å². The summed E-state index contributed by atoms with van der Waals surface area (Å²) in [6.07, 6.45) is 0. The number of anilines is 1. The Labute approximate surface area is 152 Å². The van der Waals surface area contributed by atoms with Gasteiger partial charge in [0, 0.05) is 17.5 Å². The second kappa shape index (κ2) is 6.38. The van der Waals surface area contributed by atoms with E-state index in [-0.39, 0.29) is 27.0 Å². The fourth-order valence-corrected chi connectivity index (χ4v) is 3.09. The molecule has 8 heteroatoms. The molecule has 2 aromatic carbocycles. The normalized spacial score (nSPS) is 10.9. The van der Waals surface area contributed by atoms with Crippen LogP contribution in [0.15, 0.2) is 34.7 Å². The number of furan rings is 1. The lowest BCUT2D eigenvalue weighted by atomic mass is 10.1. The molecule has 0 aliphatic carbocycles. The number of carbonyl (C=O) groups is 1. The van der Waals surface area contributed by atoms with Crippen LogP contribution < -0.4 is 5.32 Å². The maximum absolute atomic E-state index is 12.6. The molecular formula is C17H12Cl2N2O4. The minimum absolute atomic E-state index is 0.0884. The molecule has 0 bridgehead atoms. The van der Waals surface area contributed by atoms with E-state index >= 15 is 0 Å². The quantitative estimate of drug-likeness (QED) is 0.480. The van der Waals surface area contributed by atoms with Crippen molar-refractivity contribution in [3.63, 3.8) is 0 Å². The van der Waals surface area contributed by atoms with Crippen LogP contribution in [-0.2, 0) is 0 Å². The number of nitro groups is 1. The van der Waals surface area contributed by atoms with Gasteiger partial charge in [-0.3, -0.25) is 14.9 Å². The molecule has 1 N–H and O–H groups in total. The summed E-state index contributed by atoms with van der Waals surface area (Å²) >= 11 is 12.1. The zero-order valence-corrected chi connectivity index (χ0v) is 14.7. The SMILES string of the molecule is Cc1oc2c(NC(=O)c3c(Cl)cccc3Cl)cc([N+](=O)[O-])cc2c1C. The van der Waals surface area contributed by atoms with Crippen LogP contribution in [0.5, 0.6) is 0 Å². The molecule has 6 nitrogen and oxygen atoms in total. The molecule has 1 heterocycles. The number of amides is 1. The monoisotopic (exact) mass is 378 g/mol. The minimum Gasteiger partial charge on any atom is -0.459 e. The van der Waals surface area contributed by atoms with Gasteiger partial charge in [0.05, 0.1) is 26.2 Å². The Morgan fingerprint density at radius 1 is 1.20 bits per heavy atom. The van der Waals surface area contributed by atoms with Crippen molar-refractivity contribution < 1.29 is 14.1 Å². The first-order valence-corrected chi connectivity index (χ1v) is 7.98. The maximum Gasteiger partial charge on any atom is 0.272 e. The Balaban J connectivity index is 2.13. The number of nitrogens with zero attached hydrogens (tertiary/aromatic N) is 1. The summed E-state index contributed by atoms with van der Waals surface area (Å²) in [5, 5.41) is 14.7. The Morgan fingerprint density at radius 3 is 2.44 bits per heavy atom. The number of non-ortho nitro benzene ring substituents is 1. The number of nitrogens with one attached hydrogen (secondary N) is 1. The Morgan fingerprint density at radius 2 is 1.84 bits per heavy atom. The number of fused-ring (bicyclic) bond motifs is 1. The number of nitro benzene ring substituents is 1. The second-order valence-electron chi connectivity index (χ2n) is 5.46. The van der Waals surface area contributed by atoms with Crippen LogP contribution in [0.25, 0.3) is 11.0 Å². The third-order valence-electron chi connectivity index (χ3n) is 3.91. The molecule has 0 aliphatic heterocycles. The zero-order valence-electron chi connectivity index (χ0n) is 13.2. The van der Waals surface area contributed by atoms with E-state index in [4.69, 9.17) is 27.6 Å². The fourth-order valence-electron chi connectivity index (χ4n) is 2.52. The third-order valence-corrected chi connectivity index (χ3v) is 4.54. The van der Waals surface area contributed by atoms with Gasteiger partial charge in [-0.25, -0.2) is 0 Å². The van der Waals surface area contributed by atoms with Crippen LogP contribution in [0, 0.1) is 24.0 Å². The van der Waals surface area contributed by atoms with Gasteiger partial charge < -0.3 is 9.73 Å². The number of aryl methyl sites for hydroxylation is 2. The summed E-state index contributed by atoms with van der Waals surface area (Å²) in [5.74, 6) is 0.0332. The largest absolute Gasteiger partial charge is 0.459 e. The number of hydrogen-bond donors (Lipinski definition) is 1. The summed E-state index contributed by atoms with van der Waals surface area (Å²) < 4.78 is 5.66. The Kier molecular flexibility index (Phi) is 4.41. The van der Waals surface area contributed by atoms with Crippen LogP contribution in [0.4, 0.5) is 11.4 Å². The van der Waals surface area contributed by atoms with E-state index in [1.54, 1.807) is 19.9 Å². The summed E-state index contributed by atoms with van der Waals surface area (Å²) in [4.78, 5) is 23.3. The van der Waals surface area contributed by atoms with Crippen molar-refractivity contribution in [3.05, 3.63) is 67.4 Å². The predicted octanol–water partition coefficient (Wildman–Crippen LogP) is 5.52. The molecule has 0 unspecified atom stereocenters. The summed E-state index contributed by atoms with van der Waals surface area (Å²) in [6, 6.07) is 7.35. The molecule has 0 atom stereocenters. The highest BCUT2D eigenvalue weighted by Gasteiger charge is 2.21. The van der Waals surface area contributed by atoms with E-state index in [0.29, 0.717) is 16.7 Å². The molecule has 0 saturated heterocycles. The average Bonchev–Trinajstić information content (AvgIpc) is 2.83. The van der Waals surface area contributed by atoms with Gasteiger partial charge in [0.1, 0.15) is 5.76 Å². The van der Waals surface area contributed by atoms with E-state index in [0.717, 1.165) is 5.56 Å². The summed E-state index contributed by atoms with van der Waals surface area (Å²) in [7, 11) is 0. The van der Waals surface area contributed by atoms with Gasteiger partial charge >= 0.3 is 0 Å². The lowest BCUT2D eigenvalue weighted by Crippen LogP contribution is -2.13. The molecule has 3 aromatic rings. The summed E-state index contributed by atoms with van der Waals surface area (Å²) in [6.45, 7) is 3.54. The molecule has 0 aliphatic rings. The molecule has 0 radical (unpaired) electrons. The van der Waals surface area contributed by atoms with Gasteiger partial charge in [-0.2, -0.15) is 0 Å². The lowest BCUT2D eigenvalue weighted by molar-refractivity contribution is -0.384. The van der Waals surface area contributed by atoms with Gasteiger partial charge in [-0.15, -0.1) is 0 Å². The fraction of sp³-hybridized carbons (Fsp3) is 0.118. The van der Waals surface area contributed by atoms with Crippen molar-refractivity contribution in [1.82, 2.24) is 0 Å². The molecule has 1 amide bonds. The van der Waals surface area contributed by atoms with Crippen molar-refractivity contribution >= 4 is 51.5 Å². The first kappa shape index (κ1) is 17.3. The number of rotatable bonds is 3. The minimum atomic E-state index is -0.580. The third kappa shape index (κ3) is 3.06. The molecule has 0 saturated carbocycles. The zero-order chi connectivity index (χ0) is 18.3. The maximum atomic E-state index is 12.6. The standard InChI is InChI=1S/C17H12Cl2N2O4/c1-8-9(2)25-16-11(8)6-10(21(23)24)7-14(16)20-17(22)15-12(18)4-3-5-13(15)19/h3-7H,1-2H3,(H,20,22). The smallest absolute Gasteiger partial charge is 0.272 e. The van der Waals surface area contributed by atoms with Gasteiger partial charge in [0.15, 0.2) is 5.58 Å². The highest BCUT2D eigenvalue weighted by molar-refractivity contribution is 6.40. The van der Waals surface area contributed by atoms with Gasteiger partial charge in [-0.1, -0.05) is 29.3 Å². The van der Waals surface area contributed by atoms with Crippen molar-refractivity contribution in [2.45, 2.75) is 13.8 Å². The highest BCUT2D eigenvalue weighted by atomic mass is 35.5. The van der Waals surface area contributed by atoms with Crippen molar-refractivity contribution in [3.8, 4) is 0 Å². The molecule has 128 valence electrons. The van der Waals surface area contributed by atoms with E-state index in [9.17, 15) is 14.9 Å². The van der Waals surface area contributed by atoms with E-state index in [1.165, 1.54) is 24.3 Å². The molecule has 3 rings (SSSR count). The van der Waals surface area contributed by atoms with Crippen molar-refractivity contribution in [2.24, 2.45) is 0 Å². The van der Waals surface area contributed by atoms with E-state index in [2.05, 4.69) is 5.32 Å².